The fraction of sp³-hybridized carbons (Fsp3) is 0.619. The normalized spacial score (nSPS) is 30.4. The Morgan fingerprint density at radius 2 is 2.21 bits per heavy atom. The molecule has 5 rings (SSSR count). The van der Waals surface area contributed by atoms with Crippen LogP contribution in [-0.2, 0) is 9.53 Å². The Hall–Kier alpha value is -2.28. The van der Waals surface area contributed by atoms with Gasteiger partial charge in [-0.05, 0) is 43.7 Å². The summed E-state index contributed by atoms with van der Waals surface area (Å²) < 4.78 is 16.7. The van der Waals surface area contributed by atoms with Crippen molar-refractivity contribution >= 4 is 11.8 Å². The maximum absolute atomic E-state index is 12.7. The maximum Gasteiger partial charge on any atom is 0.258 e. The van der Waals surface area contributed by atoms with Crippen molar-refractivity contribution in [2.24, 2.45) is 17.8 Å². The van der Waals surface area contributed by atoms with E-state index in [0.717, 1.165) is 25.7 Å². The lowest BCUT2D eigenvalue weighted by Gasteiger charge is -2.55. The van der Waals surface area contributed by atoms with E-state index >= 15 is 0 Å². The average molecular weight is 388 g/mol. The van der Waals surface area contributed by atoms with E-state index in [1.54, 1.807) is 32.4 Å². The SMILES string of the molecule is COCCCNC(=O)[C@@H]1C[C@H]2CC[C@H]1C[C@]21NC(=O)c2ccc(OC)cc2O1. The zero-order valence-corrected chi connectivity index (χ0v) is 16.5. The number of amides is 2. The van der Waals surface area contributed by atoms with Gasteiger partial charge >= 0.3 is 0 Å². The molecule has 3 fully saturated rings. The second kappa shape index (κ2) is 7.62. The van der Waals surface area contributed by atoms with Gasteiger partial charge < -0.3 is 24.8 Å². The summed E-state index contributed by atoms with van der Waals surface area (Å²) in [5, 5.41) is 6.17. The molecule has 2 amide bonds. The zero-order valence-electron chi connectivity index (χ0n) is 16.5. The summed E-state index contributed by atoms with van der Waals surface area (Å²) in [6.07, 6.45) is 4.16. The topological polar surface area (TPSA) is 85.9 Å². The molecule has 3 saturated carbocycles. The van der Waals surface area contributed by atoms with Crippen molar-refractivity contribution in [2.75, 3.05) is 27.4 Å². The Morgan fingerprint density at radius 1 is 1.36 bits per heavy atom. The van der Waals surface area contributed by atoms with Gasteiger partial charge in [0.25, 0.3) is 5.91 Å². The Balaban J connectivity index is 1.48. The highest BCUT2D eigenvalue weighted by molar-refractivity contribution is 5.98. The van der Waals surface area contributed by atoms with E-state index in [1.807, 2.05) is 0 Å². The molecule has 7 heteroatoms. The monoisotopic (exact) mass is 388 g/mol. The number of hydrogen-bond donors (Lipinski definition) is 2. The van der Waals surface area contributed by atoms with Crippen molar-refractivity contribution in [3.63, 3.8) is 0 Å². The summed E-state index contributed by atoms with van der Waals surface area (Å²) in [7, 11) is 3.26. The van der Waals surface area contributed by atoms with Crippen LogP contribution in [0.3, 0.4) is 0 Å². The van der Waals surface area contributed by atoms with Crippen molar-refractivity contribution in [1.82, 2.24) is 10.6 Å². The highest BCUT2D eigenvalue weighted by Gasteiger charge is 2.57. The third kappa shape index (κ3) is 3.32. The van der Waals surface area contributed by atoms with E-state index in [0.29, 0.717) is 36.6 Å². The molecule has 1 aliphatic heterocycles. The number of carbonyl (C=O) groups is 2. The molecule has 0 radical (unpaired) electrons. The highest BCUT2D eigenvalue weighted by atomic mass is 16.5. The lowest BCUT2D eigenvalue weighted by molar-refractivity contribution is -0.146. The third-order valence-electron chi connectivity index (χ3n) is 6.43. The Bertz CT molecular complexity index is 767. The van der Waals surface area contributed by atoms with Gasteiger partial charge in [-0.15, -0.1) is 0 Å². The van der Waals surface area contributed by atoms with Crippen LogP contribution in [0.15, 0.2) is 18.2 Å². The summed E-state index contributed by atoms with van der Waals surface area (Å²) in [5.41, 5.74) is -0.188. The van der Waals surface area contributed by atoms with Crippen LogP contribution in [-0.4, -0.2) is 44.9 Å². The molecule has 2 bridgehead atoms. The first kappa shape index (κ1) is 19.1. The highest BCUT2D eigenvalue weighted by Crippen LogP contribution is 2.52. The van der Waals surface area contributed by atoms with E-state index in [-0.39, 0.29) is 29.6 Å². The van der Waals surface area contributed by atoms with Crippen LogP contribution in [0.1, 0.15) is 42.5 Å². The fourth-order valence-electron chi connectivity index (χ4n) is 5.00. The van der Waals surface area contributed by atoms with Gasteiger partial charge in [-0.25, -0.2) is 0 Å². The van der Waals surface area contributed by atoms with E-state index in [1.165, 1.54) is 0 Å². The summed E-state index contributed by atoms with van der Waals surface area (Å²) >= 11 is 0. The van der Waals surface area contributed by atoms with Crippen LogP contribution in [0.25, 0.3) is 0 Å². The molecule has 28 heavy (non-hydrogen) atoms. The van der Waals surface area contributed by atoms with Gasteiger partial charge in [-0.2, -0.15) is 0 Å². The van der Waals surface area contributed by atoms with Crippen molar-refractivity contribution in [3.8, 4) is 11.5 Å². The van der Waals surface area contributed by atoms with Gasteiger partial charge in [-0.3, -0.25) is 9.59 Å². The molecule has 7 nitrogen and oxygen atoms in total. The van der Waals surface area contributed by atoms with E-state index in [2.05, 4.69) is 10.6 Å². The lowest BCUT2D eigenvalue weighted by Crippen LogP contribution is -2.66. The summed E-state index contributed by atoms with van der Waals surface area (Å²) in [6.45, 7) is 1.27. The van der Waals surface area contributed by atoms with Crippen LogP contribution in [0.4, 0.5) is 0 Å². The predicted octanol–water partition coefficient (Wildman–Crippen LogP) is 2.10. The molecule has 3 aliphatic carbocycles. The van der Waals surface area contributed by atoms with Crippen LogP contribution in [0, 0.1) is 17.8 Å². The molecule has 1 aromatic carbocycles. The fourth-order valence-corrected chi connectivity index (χ4v) is 5.00. The predicted molar refractivity (Wildman–Crippen MR) is 102 cm³/mol. The van der Waals surface area contributed by atoms with E-state index < -0.39 is 5.72 Å². The first-order valence-corrected chi connectivity index (χ1v) is 10.0. The molecule has 1 spiro atoms. The number of carbonyl (C=O) groups excluding carboxylic acids is 2. The van der Waals surface area contributed by atoms with Gasteiger partial charge in [-0.1, -0.05) is 0 Å². The second-order valence-electron chi connectivity index (χ2n) is 8.03. The number of hydrogen-bond acceptors (Lipinski definition) is 5. The standard InChI is InChI=1S/C21H28N2O5/c1-26-9-3-8-22-19(24)17-10-14-5-4-13(17)12-21(14)23-20(25)16-7-6-15(27-2)11-18(16)28-21/h6-7,11,13-14,17H,3-5,8-10,12H2,1-2H3,(H,22,24)(H,23,25)/t13-,14+,17+,21+/m0/s1. The smallest absolute Gasteiger partial charge is 0.258 e. The van der Waals surface area contributed by atoms with Crippen molar-refractivity contribution < 1.29 is 23.8 Å². The molecule has 152 valence electrons. The molecular weight excluding hydrogens is 360 g/mol. The Kier molecular flexibility index (Phi) is 5.19. The maximum atomic E-state index is 12.7. The summed E-state index contributed by atoms with van der Waals surface area (Å²) in [6, 6.07) is 5.27. The molecule has 2 N–H and O–H groups in total. The van der Waals surface area contributed by atoms with Gasteiger partial charge in [0.05, 0.1) is 12.7 Å². The first-order valence-electron chi connectivity index (χ1n) is 10.0. The number of benzene rings is 1. The number of rotatable bonds is 6. The van der Waals surface area contributed by atoms with E-state index in [9.17, 15) is 9.59 Å². The van der Waals surface area contributed by atoms with Crippen LogP contribution in [0.5, 0.6) is 11.5 Å². The Morgan fingerprint density at radius 3 is 2.93 bits per heavy atom. The molecular formula is C21H28N2O5. The summed E-state index contributed by atoms with van der Waals surface area (Å²) in [4.78, 5) is 25.4. The minimum absolute atomic E-state index is 0.0147. The van der Waals surface area contributed by atoms with Crippen molar-refractivity contribution in [1.29, 1.82) is 0 Å². The molecule has 1 heterocycles. The first-order chi connectivity index (χ1) is 13.6. The Labute approximate surface area is 165 Å². The molecule has 0 saturated heterocycles. The minimum Gasteiger partial charge on any atom is -0.497 e. The molecule has 1 aromatic rings. The average Bonchev–Trinajstić information content (AvgIpc) is 2.70. The third-order valence-corrected chi connectivity index (χ3v) is 6.43. The second-order valence-corrected chi connectivity index (χ2v) is 8.03. The van der Waals surface area contributed by atoms with Gasteiger partial charge in [0.15, 0.2) is 5.72 Å². The molecule has 4 atom stereocenters. The van der Waals surface area contributed by atoms with Gasteiger partial charge in [0.2, 0.25) is 5.91 Å². The number of fused-ring (bicyclic) bond motifs is 3. The summed E-state index contributed by atoms with van der Waals surface area (Å²) in [5.74, 6) is 1.55. The molecule has 0 aromatic heterocycles. The number of ether oxygens (including phenoxy) is 3. The van der Waals surface area contributed by atoms with E-state index in [4.69, 9.17) is 14.2 Å². The number of nitrogens with one attached hydrogen (secondary N) is 2. The minimum atomic E-state index is -0.716. The van der Waals surface area contributed by atoms with Crippen LogP contribution >= 0.6 is 0 Å². The lowest BCUT2D eigenvalue weighted by atomic mass is 9.60. The van der Waals surface area contributed by atoms with Crippen LogP contribution in [0.2, 0.25) is 0 Å². The molecule has 4 aliphatic rings. The quantitative estimate of drug-likeness (QED) is 0.729. The van der Waals surface area contributed by atoms with Crippen molar-refractivity contribution in [3.05, 3.63) is 23.8 Å². The molecule has 0 unspecified atom stereocenters. The van der Waals surface area contributed by atoms with Gasteiger partial charge in [0.1, 0.15) is 11.5 Å². The zero-order chi connectivity index (χ0) is 19.7. The number of methoxy groups -OCH3 is 2. The van der Waals surface area contributed by atoms with Crippen molar-refractivity contribution in [2.45, 2.75) is 37.8 Å². The largest absolute Gasteiger partial charge is 0.497 e. The van der Waals surface area contributed by atoms with Crippen LogP contribution < -0.4 is 20.1 Å². The van der Waals surface area contributed by atoms with Gasteiger partial charge in [0, 0.05) is 44.6 Å².